The van der Waals surface area contributed by atoms with E-state index in [9.17, 15) is 18.0 Å². The summed E-state index contributed by atoms with van der Waals surface area (Å²) in [6.07, 6.45) is -3.95. The molecule has 0 bridgehead atoms. The third-order valence-electron chi connectivity index (χ3n) is 4.63. The standard InChI is InChI=1S/C19H15ClF3N5OS/c1-28-6-9-2-13(20)14(3-10(9)7-28)26-18-25-5-12(19(21,22)23)16(27-18)15-4-11(8-30-15)17(24)29/h2-5,8H,6-7H2,1H3,(H2,24,29)(H,25,26,27). The summed E-state index contributed by atoms with van der Waals surface area (Å²) < 4.78 is 40.5. The first-order chi connectivity index (χ1) is 14.1. The van der Waals surface area contributed by atoms with E-state index in [4.69, 9.17) is 17.3 Å². The second-order valence-electron chi connectivity index (χ2n) is 6.92. The van der Waals surface area contributed by atoms with Crippen molar-refractivity contribution in [2.45, 2.75) is 19.3 Å². The van der Waals surface area contributed by atoms with Gasteiger partial charge in [-0.1, -0.05) is 11.6 Å². The number of primary amides is 1. The van der Waals surface area contributed by atoms with Gasteiger partial charge in [-0.05, 0) is 36.4 Å². The van der Waals surface area contributed by atoms with Crippen LogP contribution in [0.1, 0.15) is 27.0 Å². The van der Waals surface area contributed by atoms with Crippen LogP contribution in [0.15, 0.2) is 29.8 Å². The molecule has 0 aliphatic carbocycles. The van der Waals surface area contributed by atoms with Crippen LogP contribution in [0, 0.1) is 0 Å². The lowest BCUT2D eigenvalue weighted by Crippen LogP contribution is -2.11. The molecule has 11 heteroatoms. The highest BCUT2D eigenvalue weighted by Crippen LogP contribution is 2.39. The summed E-state index contributed by atoms with van der Waals surface area (Å²) in [5, 5.41) is 4.72. The van der Waals surface area contributed by atoms with E-state index in [1.807, 2.05) is 19.2 Å². The van der Waals surface area contributed by atoms with Gasteiger partial charge < -0.3 is 11.1 Å². The second-order valence-corrected chi connectivity index (χ2v) is 8.23. The van der Waals surface area contributed by atoms with Gasteiger partial charge in [-0.3, -0.25) is 9.69 Å². The van der Waals surface area contributed by atoms with Gasteiger partial charge in [-0.15, -0.1) is 11.3 Å². The average Bonchev–Trinajstić information content (AvgIpc) is 3.27. The Morgan fingerprint density at radius 2 is 1.97 bits per heavy atom. The third kappa shape index (κ3) is 3.98. The van der Waals surface area contributed by atoms with Crippen LogP contribution < -0.4 is 11.1 Å². The van der Waals surface area contributed by atoms with E-state index >= 15 is 0 Å². The number of hydrogen-bond donors (Lipinski definition) is 2. The largest absolute Gasteiger partial charge is 0.420 e. The SMILES string of the molecule is CN1Cc2cc(Cl)c(Nc3ncc(C(F)(F)F)c(-c4cc(C(N)=O)cs4)n3)cc2C1. The van der Waals surface area contributed by atoms with Gasteiger partial charge in [0, 0.05) is 24.7 Å². The number of hydrogen-bond acceptors (Lipinski definition) is 6. The number of carbonyl (C=O) groups excluding carboxylic acids is 1. The van der Waals surface area contributed by atoms with Gasteiger partial charge in [0.05, 0.1) is 26.8 Å². The quantitative estimate of drug-likeness (QED) is 0.600. The lowest BCUT2D eigenvalue weighted by Gasteiger charge is -2.14. The van der Waals surface area contributed by atoms with E-state index in [1.165, 1.54) is 11.4 Å². The summed E-state index contributed by atoms with van der Waals surface area (Å²) in [5.74, 6) is -0.770. The van der Waals surface area contributed by atoms with Gasteiger partial charge in [0.25, 0.3) is 0 Å². The molecule has 0 saturated carbocycles. The molecule has 3 heterocycles. The van der Waals surface area contributed by atoms with Crippen molar-refractivity contribution in [1.29, 1.82) is 0 Å². The molecular formula is C19H15ClF3N5OS. The molecule has 0 radical (unpaired) electrons. The van der Waals surface area contributed by atoms with Crippen LogP contribution in [-0.4, -0.2) is 27.8 Å². The fourth-order valence-electron chi connectivity index (χ4n) is 3.23. The Bertz CT molecular complexity index is 1150. The highest BCUT2D eigenvalue weighted by molar-refractivity contribution is 7.13. The zero-order valence-corrected chi connectivity index (χ0v) is 17.1. The molecule has 1 aliphatic rings. The third-order valence-corrected chi connectivity index (χ3v) is 5.88. The fraction of sp³-hybridized carbons (Fsp3) is 0.211. The van der Waals surface area contributed by atoms with Crippen LogP contribution in [0.25, 0.3) is 10.6 Å². The molecule has 4 rings (SSSR count). The topological polar surface area (TPSA) is 84.1 Å². The van der Waals surface area contributed by atoms with Crippen LogP contribution in [0.2, 0.25) is 5.02 Å². The summed E-state index contributed by atoms with van der Waals surface area (Å²) in [4.78, 5) is 21.5. The normalized spacial score (nSPS) is 14.0. The maximum atomic E-state index is 13.5. The maximum Gasteiger partial charge on any atom is 0.420 e. The van der Waals surface area contributed by atoms with Crippen molar-refractivity contribution in [3.8, 4) is 10.6 Å². The van der Waals surface area contributed by atoms with Crippen molar-refractivity contribution in [3.63, 3.8) is 0 Å². The number of rotatable bonds is 4. The number of amides is 1. The highest BCUT2D eigenvalue weighted by atomic mass is 35.5. The molecule has 3 N–H and O–H groups in total. The number of halogens is 4. The number of carbonyl (C=O) groups is 1. The highest BCUT2D eigenvalue weighted by Gasteiger charge is 2.36. The van der Waals surface area contributed by atoms with E-state index in [-0.39, 0.29) is 22.1 Å². The van der Waals surface area contributed by atoms with Crippen molar-refractivity contribution >= 4 is 40.5 Å². The van der Waals surface area contributed by atoms with Gasteiger partial charge >= 0.3 is 6.18 Å². The summed E-state index contributed by atoms with van der Waals surface area (Å²) in [6, 6.07) is 4.96. The first-order valence-corrected chi connectivity index (χ1v) is 9.97. The monoisotopic (exact) mass is 453 g/mol. The number of nitrogens with one attached hydrogen (secondary N) is 1. The molecule has 0 fully saturated rings. The van der Waals surface area contributed by atoms with Gasteiger partial charge in [-0.25, -0.2) is 9.97 Å². The molecule has 0 unspecified atom stereocenters. The zero-order valence-electron chi connectivity index (χ0n) is 15.5. The second kappa shape index (κ2) is 7.53. The van der Waals surface area contributed by atoms with E-state index in [0.29, 0.717) is 16.9 Å². The van der Waals surface area contributed by atoms with Gasteiger partial charge in [0.2, 0.25) is 11.9 Å². The molecule has 1 amide bonds. The van der Waals surface area contributed by atoms with Crippen LogP contribution in [-0.2, 0) is 19.3 Å². The summed E-state index contributed by atoms with van der Waals surface area (Å²) >= 11 is 7.28. The summed E-state index contributed by atoms with van der Waals surface area (Å²) in [6.45, 7) is 1.52. The minimum Gasteiger partial charge on any atom is -0.366 e. The smallest absolute Gasteiger partial charge is 0.366 e. The summed E-state index contributed by atoms with van der Waals surface area (Å²) in [5.41, 5.74) is 6.65. The first-order valence-electron chi connectivity index (χ1n) is 8.71. The number of fused-ring (bicyclic) bond motifs is 1. The summed E-state index contributed by atoms with van der Waals surface area (Å²) in [7, 11) is 1.98. The zero-order chi connectivity index (χ0) is 21.6. The molecule has 156 valence electrons. The number of aromatic nitrogens is 2. The molecule has 0 atom stereocenters. The Kier molecular flexibility index (Phi) is 5.16. The Hall–Kier alpha value is -2.69. The number of alkyl halides is 3. The lowest BCUT2D eigenvalue weighted by atomic mass is 10.1. The van der Waals surface area contributed by atoms with Crippen molar-refractivity contribution in [2.24, 2.45) is 5.73 Å². The Balaban J connectivity index is 1.73. The average molecular weight is 454 g/mol. The number of nitrogens with two attached hydrogens (primary N) is 1. The lowest BCUT2D eigenvalue weighted by molar-refractivity contribution is -0.137. The van der Waals surface area contributed by atoms with E-state index < -0.39 is 17.6 Å². The van der Waals surface area contributed by atoms with Crippen LogP contribution in [0.4, 0.5) is 24.8 Å². The van der Waals surface area contributed by atoms with Gasteiger partial charge in [-0.2, -0.15) is 13.2 Å². The van der Waals surface area contributed by atoms with Crippen molar-refractivity contribution in [2.75, 3.05) is 12.4 Å². The van der Waals surface area contributed by atoms with Crippen LogP contribution in [0.3, 0.4) is 0 Å². The molecule has 30 heavy (non-hydrogen) atoms. The van der Waals surface area contributed by atoms with E-state index in [2.05, 4.69) is 20.2 Å². The molecule has 6 nitrogen and oxygen atoms in total. The molecule has 0 spiro atoms. The van der Waals surface area contributed by atoms with Gasteiger partial charge in [0.1, 0.15) is 5.56 Å². The van der Waals surface area contributed by atoms with Crippen molar-refractivity contribution in [1.82, 2.24) is 14.9 Å². The minimum atomic E-state index is -4.67. The Labute approximate surface area is 178 Å². The van der Waals surface area contributed by atoms with Gasteiger partial charge in [0.15, 0.2) is 0 Å². The number of benzene rings is 1. The molecule has 1 aliphatic heterocycles. The molecular weight excluding hydrogens is 439 g/mol. The number of nitrogens with zero attached hydrogens (tertiary/aromatic N) is 3. The van der Waals surface area contributed by atoms with Crippen molar-refractivity contribution < 1.29 is 18.0 Å². The maximum absolute atomic E-state index is 13.5. The fourth-order valence-corrected chi connectivity index (χ4v) is 4.37. The Morgan fingerprint density at radius 3 is 2.60 bits per heavy atom. The van der Waals surface area contributed by atoms with Crippen molar-refractivity contribution in [3.05, 3.63) is 57.1 Å². The van der Waals surface area contributed by atoms with Crippen LogP contribution >= 0.6 is 22.9 Å². The van der Waals surface area contributed by atoms with E-state index in [0.717, 1.165) is 35.6 Å². The molecule has 3 aromatic rings. The first kappa shape index (κ1) is 20.6. The Morgan fingerprint density at radius 1 is 1.27 bits per heavy atom. The molecule has 1 aromatic carbocycles. The predicted molar refractivity (Wildman–Crippen MR) is 109 cm³/mol. The van der Waals surface area contributed by atoms with E-state index in [1.54, 1.807) is 0 Å². The molecule has 2 aromatic heterocycles. The molecule has 0 saturated heterocycles. The number of thiophene rings is 1. The minimum absolute atomic E-state index is 0.0415. The van der Waals surface area contributed by atoms with Crippen LogP contribution in [0.5, 0.6) is 0 Å². The number of anilines is 2. The predicted octanol–water partition coefficient (Wildman–Crippen LogP) is 4.67.